The van der Waals surface area contributed by atoms with Gasteiger partial charge in [-0.2, -0.15) is 0 Å². The van der Waals surface area contributed by atoms with E-state index < -0.39 is 5.60 Å². The lowest BCUT2D eigenvalue weighted by Gasteiger charge is -2.52. The van der Waals surface area contributed by atoms with Gasteiger partial charge in [-0.3, -0.25) is 9.78 Å². The number of nitrogens with zero attached hydrogens (tertiary/aromatic N) is 3. The van der Waals surface area contributed by atoms with Gasteiger partial charge in [-0.15, -0.1) is 0 Å². The lowest BCUT2D eigenvalue weighted by molar-refractivity contribution is -0.110. The summed E-state index contributed by atoms with van der Waals surface area (Å²) in [5.74, 6) is 0.0248. The predicted octanol–water partition coefficient (Wildman–Crippen LogP) is 3.92. The molecular weight excluding hydrogens is 362 g/mol. The minimum atomic E-state index is -0.869. The molecule has 1 aliphatic carbocycles. The molecule has 29 heavy (non-hydrogen) atoms. The van der Waals surface area contributed by atoms with E-state index in [0.717, 1.165) is 42.1 Å². The van der Waals surface area contributed by atoms with Crippen molar-refractivity contribution in [2.45, 2.75) is 43.7 Å². The topological polar surface area (TPSA) is 66.3 Å². The van der Waals surface area contributed by atoms with Crippen molar-refractivity contribution < 1.29 is 9.90 Å². The first-order valence-corrected chi connectivity index (χ1v) is 10.5. The lowest BCUT2D eigenvalue weighted by atomic mass is 9.66. The smallest absolute Gasteiger partial charge is 0.272 e. The molecule has 2 fully saturated rings. The van der Waals surface area contributed by atoms with Crippen molar-refractivity contribution in [3.8, 4) is 0 Å². The Labute approximate surface area is 170 Å². The molecule has 1 saturated carbocycles. The monoisotopic (exact) mass is 387 g/mol. The number of carbonyl (C=O) groups is 1. The molecule has 5 rings (SSSR count). The van der Waals surface area contributed by atoms with Crippen LogP contribution in [-0.4, -0.2) is 38.5 Å². The summed E-state index contributed by atoms with van der Waals surface area (Å²) in [5.41, 5.74) is 1.35. The van der Waals surface area contributed by atoms with E-state index in [1.54, 1.807) is 18.5 Å². The second-order valence-corrected chi connectivity index (χ2v) is 8.26. The highest BCUT2D eigenvalue weighted by Gasteiger charge is 2.50. The Morgan fingerprint density at radius 2 is 1.90 bits per heavy atom. The number of amides is 1. The van der Waals surface area contributed by atoms with Crippen LogP contribution in [0.5, 0.6) is 0 Å². The highest BCUT2D eigenvalue weighted by atomic mass is 16.3. The maximum absolute atomic E-state index is 13.4. The van der Waals surface area contributed by atoms with Crippen LogP contribution in [0.2, 0.25) is 0 Å². The maximum atomic E-state index is 13.4. The van der Waals surface area contributed by atoms with Crippen molar-refractivity contribution >= 4 is 16.8 Å². The van der Waals surface area contributed by atoms with Crippen molar-refractivity contribution in [1.29, 1.82) is 0 Å². The fourth-order valence-electron chi connectivity index (χ4n) is 5.25. The molecule has 1 amide bonds. The van der Waals surface area contributed by atoms with Gasteiger partial charge in [-0.05, 0) is 43.0 Å². The second kappa shape index (κ2) is 7.23. The molecule has 5 heteroatoms. The Bertz CT molecular complexity index is 1040. The molecule has 0 unspecified atom stereocenters. The first-order chi connectivity index (χ1) is 14.2. The number of piperidine rings is 1. The zero-order chi connectivity index (χ0) is 19.8. The average molecular weight is 387 g/mol. The molecular formula is C24H25N3O2. The number of benzene rings is 1. The molecule has 2 aromatic heterocycles. The van der Waals surface area contributed by atoms with Crippen LogP contribution in [0.25, 0.3) is 10.9 Å². The third kappa shape index (κ3) is 3.10. The van der Waals surface area contributed by atoms with Crippen LogP contribution in [0.1, 0.15) is 48.2 Å². The van der Waals surface area contributed by atoms with Crippen LogP contribution in [0, 0.1) is 5.92 Å². The number of aromatic nitrogens is 2. The van der Waals surface area contributed by atoms with Crippen LogP contribution in [0.3, 0.4) is 0 Å². The summed E-state index contributed by atoms with van der Waals surface area (Å²) >= 11 is 0. The lowest BCUT2D eigenvalue weighted by Crippen LogP contribution is -2.59. The normalized spacial score (nSPS) is 26.9. The van der Waals surface area contributed by atoms with Gasteiger partial charge in [0.2, 0.25) is 0 Å². The number of carbonyl (C=O) groups excluding carboxylic acids is 1. The Kier molecular flexibility index (Phi) is 4.55. The van der Waals surface area contributed by atoms with Gasteiger partial charge in [-0.1, -0.05) is 43.2 Å². The highest BCUT2D eigenvalue weighted by molar-refractivity contribution is 5.95. The van der Waals surface area contributed by atoms with E-state index in [4.69, 9.17) is 0 Å². The van der Waals surface area contributed by atoms with Crippen LogP contribution < -0.4 is 0 Å². The molecule has 0 radical (unpaired) electrons. The van der Waals surface area contributed by atoms with Crippen LogP contribution >= 0.6 is 0 Å². The number of pyridine rings is 2. The molecule has 0 spiro atoms. The highest BCUT2D eigenvalue weighted by Crippen LogP contribution is 2.47. The molecule has 3 heterocycles. The van der Waals surface area contributed by atoms with E-state index in [-0.39, 0.29) is 17.9 Å². The summed E-state index contributed by atoms with van der Waals surface area (Å²) in [4.78, 5) is 24.1. The SMILES string of the molecule is O=C(c1ccc2cnccc2n1)N1CC[C@](O)(c2ccccc2)[C@H]2CCCC[C@H]21. The Balaban J connectivity index is 1.47. The molecule has 1 aromatic carbocycles. The number of hydrogen-bond donors (Lipinski definition) is 1. The minimum Gasteiger partial charge on any atom is -0.385 e. The van der Waals surface area contributed by atoms with Crippen LogP contribution in [0.15, 0.2) is 60.9 Å². The van der Waals surface area contributed by atoms with E-state index in [1.807, 2.05) is 47.4 Å². The van der Waals surface area contributed by atoms with Gasteiger partial charge in [0.05, 0.1) is 11.1 Å². The van der Waals surface area contributed by atoms with E-state index in [2.05, 4.69) is 9.97 Å². The number of aliphatic hydroxyl groups is 1. The van der Waals surface area contributed by atoms with Crippen molar-refractivity contribution in [1.82, 2.24) is 14.9 Å². The van der Waals surface area contributed by atoms with E-state index in [9.17, 15) is 9.90 Å². The van der Waals surface area contributed by atoms with E-state index in [0.29, 0.717) is 18.7 Å². The summed E-state index contributed by atoms with van der Waals surface area (Å²) in [6.07, 6.45) is 8.07. The van der Waals surface area contributed by atoms with Gasteiger partial charge < -0.3 is 10.0 Å². The fourth-order valence-corrected chi connectivity index (χ4v) is 5.25. The van der Waals surface area contributed by atoms with Crippen molar-refractivity contribution in [2.24, 2.45) is 5.92 Å². The molecule has 3 aromatic rings. The third-order valence-electron chi connectivity index (χ3n) is 6.72. The first-order valence-electron chi connectivity index (χ1n) is 10.5. The summed E-state index contributed by atoms with van der Waals surface area (Å²) in [6, 6.07) is 15.6. The third-order valence-corrected chi connectivity index (χ3v) is 6.72. The Morgan fingerprint density at radius 3 is 2.76 bits per heavy atom. The van der Waals surface area contributed by atoms with Crippen molar-refractivity contribution in [3.63, 3.8) is 0 Å². The zero-order valence-electron chi connectivity index (χ0n) is 16.4. The number of fused-ring (bicyclic) bond motifs is 2. The second-order valence-electron chi connectivity index (χ2n) is 8.26. The summed E-state index contributed by atoms with van der Waals surface area (Å²) < 4.78 is 0. The van der Waals surface area contributed by atoms with Crippen molar-refractivity contribution in [2.75, 3.05) is 6.54 Å². The standard InChI is InChI=1S/C24H25N3O2/c28-23(21-11-10-17-16-25-14-12-20(17)26-21)27-15-13-24(29,18-6-2-1-3-7-18)19-8-4-5-9-22(19)27/h1-3,6-7,10-12,14,16,19,22,29H,4-5,8-9,13,15H2/t19-,22+,24-/m0/s1. The maximum Gasteiger partial charge on any atom is 0.272 e. The van der Waals surface area contributed by atoms with E-state index >= 15 is 0 Å². The average Bonchev–Trinajstić information content (AvgIpc) is 2.79. The van der Waals surface area contributed by atoms with Gasteiger partial charge >= 0.3 is 0 Å². The molecule has 5 nitrogen and oxygen atoms in total. The molecule has 2 aliphatic rings. The summed E-state index contributed by atoms with van der Waals surface area (Å²) in [5, 5.41) is 12.6. The summed E-state index contributed by atoms with van der Waals surface area (Å²) in [6.45, 7) is 0.543. The summed E-state index contributed by atoms with van der Waals surface area (Å²) in [7, 11) is 0. The largest absolute Gasteiger partial charge is 0.385 e. The van der Waals surface area contributed by atoms with Gasteiger partial charge in [-0.25, -0.2) is 4.98 Å². The van der Waals surface area contributed by atoms with Gasteiger partial charge in [0.25, 0.3) is 5.91 Å². The van der Waals surface area contributed by atoms with Crippen molar-refractivity contribution in [3.05, 3.63) is 72.2 Å². The van der Waals surface area contributed by atoms with Crippen LogP contribution in [0.4, 0.5) is 0 Å². The quantitative estimate of drug-likeness (QED) is 0.724. The molecule has 0 bridgehead atoms. The number of likely N-dealkylation sites (tertiary alicyclic amines) is 1. The Morgan fingerprint density at radius 1 is 1.07 bits per heavy atom. The van der Waals surface area contributed by atoms with Gasteiger partial charge in [0.15, 0.2) is 0 Å². The molecule has 1 N–H and O–H groups in total. The molecule has 1 aliphatic heterocycles. The molecule has 1 saturated heterocycles. The predicted molar refractivity (Wildman–Crippen MR) is 111 cm³/mol. The van der Waals surface area contributed by atoms with Gasteiger partial charge in [0, 0.05) is 36.3 Å². The first kappa shape index (κ1) is 18.3. The zero-order valence-corrected chi connectivity index (χ0v) is 16.4. The number of rotatable bonds is 2. The molecule has 148 valence electrons. The Hall–Kier alpha value is -2.79. The molecule has 3 atom stereocenters. The van der Waals surface area contributed by atoms with Gasteiger partial charge in [0.1, 0.15) is 5.69 Å². The van der Waals surface area contributed by atoms with E-state index in [1.165, 1.54) is 0 Å². The fraction of sp³-hybridized carbons (Fsp3) is 0.375. The minimum absolute atomic E-state index is 0.0317. The van der Waals surface area contributed by atoms with Crippen LogP contribution in [-0.2, 0) is 5.60 Å². The number of hydrogen-bond acceptors (Lipinski definition) is 4.